The van der Waals surface area contributed by atoms with Crippen molar-refractivity contribution >= 4 is 0 Å². The fraction of sp³-hybridized carbons (Fsp3) is 0.400. The van der Waals surface area contributed by atoms with Gasteiger partial charge in [0.25, 0.3) is 0 Å². The number of rotatable bonds is 2. The Balaban J connectivity index is 1.98. The summed E-state index contributed by atoms with van der Waals surface area (Å²) in [5.74, 6) is -0.122. The Bertz CT molecular complexity index is 295. The normalized spacial score (nSPS) is 18.6. The molecule has 1 heterocycles. The van der Waals surface area contributed by atoms with Crippen molar-refractivity contribution in [1.82, 2.24) is 4.90 Å². The van der Waals surface area contributed by atoms with Gasteiger partial charge in [-0.2, -0.15) is 0 Å². The Labute approximate surface area is 77.2 Å². The van der Waals surface area contributed by atoms with Gasteiger partial charge in [0, 0.05) is 31.2 Å². The first-order valence-electron chi connectivity index (χ1n) is 4.47. The summed E-state index contributed by atoms with van der Waals surface area (Å²) >= 11 is 0. The lowest BCUT2D eigenvalue weighted by molar-refractivity contribution is 0.140. The highest BCUT2D eigenvalue weighted by Gasteiger charge is 2.23. The Kier molecular flexibility index (Phi) is 2.29. The topological polar surface area (TPSA) is 29.3 Å². The van der Waals surface area contributed by atoms with Crippen molar-refractivity contribution in [2.75, 3.05) is 13.1 Å². The Morgan fingerprint density at radius 2 is 2.08 bits per heavy atom. The molecular weight excluding hydrogens is 167 g/mol. The van der Waals surface area contributed by atoms with Crippen LogP contribution in [0.25, 0.3) is 0 Å². The van der Waals surface area contributed by atoms with Gasteiger partial charge in [-0.25, -0.2) is 4.39 Å². The van der Waals surface area contributed by atoms with Crippen LogP contribution in [0.4, 0.5) is 4.39 Å². The highest BCUT2D eigenvalue weighted by molar-refractivity contribution is 5.17. The summed E-state index contributed by atoms with van der Waals surface area (Å²) in [6.45, 7) is 2.45. The lowest BCUT2D eigenvalue weighted by Gasteiger charge is -2.36. The van der Waals surface area contributed by atoms with Crippen molar-refractivity contribution in [3.63, 3.8) is 0 Å². The summed E-state index contributed by atoms with van der Waals surface area (Å²) in [7, 11) is 0. The number of benzene rings is 1. The van der Waals surface area contributed by atoms with Crippen molar-refractivity contribution < 1.29 is 4.39 Å². The molecule has 70 valence electrons. The molecule has 0 unspecified atom stereocenters. The molecule has 0 bridgehead atoms. The molecule has 2 N–H and O–H groups in total. The zero-order chi connectivity index (χ0) is 9.26. The third-order valence-corrected chi connectivity index (χ3v) is 2.34. The molecule has 2 rings (SSSR count). The molecule has 1 aromatic rings. The van der Waals surface area contributed by atoms with Crippen LogP contribution in [0.1, 0.15) is 5.56 Å². The molecule has 0 spiro atoms. The molecule has 1 fully saturated rings. The van der Waals surface area contributed by atoms with Crippen LogP contribution in [0.2, 0.25) is 0 Å². The number of nitrogens with zero attached hydrogens (tertiary/aromatic N) is 1. The Morgan fingerprint density at radius 1 is 1.38 bits per heavy atom. The van der Waals surface area contributed by atoms with Gasteiger partial charge in [0.1, 0.15) is 5.82 Å². The summed E-state index contributed by atoms with van der Waals surface area (Å²) in [5.41, 5.74) is 6.38. The maximum Gasteiger partial charge on any atom is 0.127 e. The average Bonchev–Trinajstić information content (AvgIpc) is 2.06. The zero-order valence-electron chi connectivity index (χ0n) is 7.41. The summed E-state index contributed by atoms with van der Waals surface area (Å²) in [6, 6.07) is 7.17. The van der Waals surface area contributed by atoms with E-state index in [2.05, 4.69) is 4.90 Å². The Hall–Kier alpha value is -0.930. The van der Waals surface area contributed by atoms with Crippen molar-refractivity contribution in [3.8, 4) is 0 Å². The third-order valence-electron chi connectivity index (χ3n) is 2.34. The summed E-state index contributed by atoms with van der Waals surface area (Å²) in [5, 5.41) is 0. The standard InChI is InChI=1S/C10H13FN2/c11-10-4-2-1-3-8(10)5-13-6-9(12)7-13/h1-4,9H,5-7,12H2. The second-order valence-electron chi connectivity index (χ2n) is 3.55. The van der Waals surface area contributed by atoms with E-state index in [0.717, 1.165) is 18.7 Å². The van der Waals surface area contributed by atoms with E-state index in [1.54, 1.807) is 6.07 Å². The van der Waals surface area contributed by atoms with Gasteiger partial charge in [-0.3, -0.25) is 4.90 Å². The van der Waals surface area contributed by atoms with Crippen LogP contribution in [0.3, 0.4) is 0 Å². The number of likely N-dealkylation sites (tertiary alicyclic amines) is 1. The SMILES string of the molecule is NC1CN(Cc2ccccc2F)C1. The molecule has 0 radical (unpaired) electrons. The van der Waals surface area contributed by atoms with E-state index in [-0.39, 0.29) is 11.9 Å². The third kappa shape index (κ3) is 1.87. The van der Waals surface area contributed by atoms with Crippen LogP contribution in [0.15, 0.2) is 24.3 Å². The first kappa shape index (κ1) is 8.66. The molecule has 1 aliphatic rings. The minimum absolute atomic E-state index is 0.122. The van der Waals surface area contributed by atoms with Crippen LogP contribution in [-0.4, -0.2) is 24.0 Å². The lowest BCUT2D eigenvalue weighted by atomic mass is 10.1. The summed E-state index contributed by atoms with van der Waals surface area (Å²) in [6.07, 6.45) is 0. The van der Waals surface area contributed by atoms with Gasteiger partial charge in [0.05, 0.1) is 0 Å². The number of nitrogens with two attached hydrogens (primary N) is 1. The molecule has 1 saturated heterocycles. The molecule has 3 heteroatoms. The molecule has 0 aromatic heterocycles. The van der Waals surface area contributed by atoms with E-state index in [1.807, 2.05) is 12.1 Å². The molecule has 0 amide bonds. The number of hydrogen-bond donors (Lipinski definition) is 1. The van der Waals surface area contributed by atoms with E-state index in [0.29, 0.717) is 6.54 Å². The first-order chi connectivity index (χ1) is 6.25. The van der Waals surface area contributed by atoms with Crippen molar-refractivity contribution in [1.29, 1.82) is 0 Å². The molecule has 2 nitrogen and oxygen atoms in total. The molecule has 1 aromatic carbocycles. The van der Waals surface area contributed by atoms with E-state index < -0.39 is 0 Å². The molecular formula is C10H13FN2. The lowest BCUT2D eigenvalue weighted by Crippen LogP contribution is -2.54. The second-order valence-corrected chi connectivity index (χ2v) is 3.55. The highest BCUT2D eigenvalue weighted by atomic mass is 19.1. The maximum atomic E-state index is 13.1. The average molecular weight is 180 g/mol. The minimum atomic E-state index is -0.122. The van der Waals surface area contributed by atoms with Gasteiger partial charge >= 0.3 is 0 Å². The second kappa shape index (κ2) is 3.44. The summed E-state index contributed by atoms with van der Waals surface area (Å²) in [4.78, 5) is 2.14. The van der Waals surface area contributed by atoms with Gasteiger partial charge in [0.2, 0.25) is 0 Å². The van der Waals surface area contributed by atoms with E-state index >= 15 is 0 Å². The van der Waals surface area contributed by atoms with Crippen LogP contribution in [-0.2, 0) is 6.54 Å². The van der Waals surface area contributed by atoms with E-state index in [1.165, 1.54) is 6.07 Å². The monoisotopic (exact) mass is 180 g/mol. The smallest absolute Gasteiger partial charge is 0.127 e. The highest BCUT2D eigenvalue weighted by Crippen LogP contribution is 2.14. The first-order valence-corrected chi connectivity index (χ1v) is 4.47. The zero-order valence-corrected chi connectivity index (χ0v) is 7.41. The van der Waals surface area contributed by atoms with Crippen LogP contribution in [0.5, 0.6) is 0 Å². The number of hydrogen-bond acceptors (Lipinski definition) is 2. The van der Waals surface area contributed by atoms with Gasteiger partial charge in [0.15, 0.2) is 0 Å². The van der Waals surface area contributed by atoms with Crippen LogP contribution < -0.4 is 5.73 Å². The predicted molar refractivity (Wildman–Crippen MR) is 49.7 cm³/mol. The van der Waals surface area contributed by atoms with E-state index in [4.69, 9.17) is 5.73 Å². The van der Waals surface area contributed by atoms with Gasteiger partial charge in [-0.05, 0) is 6.07 Å². The van der Waals surface area contributed by atoms with Crippen molar-refractivity contribution in [2.45, 2.75) is 12.6 Å². The van der Waals surface area contributed by atoms with Gasteiger partial charge in [-0.15, -0.1) is 0 Å². The van der Waals surface area contributed by atoms with Crippen molar-refractivity contribution in [3.05, 3.63) is 35.6 Å². The molecule has 0 atom stereocenters. The van der Waals surface area contributed by atoms with E-state index in [9.17, 15) is 4.39 Å². The number of halogens is 1. The molecule has 0 aliphatic carbocycles. The maximum absolute atomic E-state index is 13.1. The molecule has 1 aliphatic heterocycles. The molecule has 0 saturated carbocycles. The fourth-order valence-corrected chi connectivity index (χ4v) is 1.61. The van der Waals surface area contributed by atoms with Crippen LogP contribution >= 0.6 is 0 Å². The van der Waals surface area contributed by atoms with Crippen molar-refractivity contribution in [2.24, 2.45) is 5.73 Å². The molecule has 13 heavy (non-hydrogen) atoms. The quantitative estimate of drug-likeness (QED) is 0.734. The Morgan fingerprint density at radius 3 is 2.69 bits per heavy atom. The largest absolute Gasteiger partial charge is 0.325 e. The fourth-order valence-electron chi connectivity index (χ4n) is 1.61. The summed E-state index contributed by atoms with van der Waals surface area (Å²) < 4.78 is 13.1. The van der Waals surface area contributed by atoms with Crippen LogP contribution in [0, 0.1) is 5.82 Å². The predicted octanol–water partition coefficient (Wildman–Crippen LogP) is 0.969. The van der Waals surface area contributed by atoms with Gasteiger partial charge < -0.3 is 5.73 Å². The minimum Gasteiger partial charge on any atom is -0.325 e. The van der Waals surface area contributed by atoms with Gasteiger partial charge in [-0.1, -0.05) is 18.2 Å².